The Bertz CT molecular complexity index is 337. The molecule has 4 nitrogen and oxygen atoms in total. The Kier molecular flexibility index (Phi) is 3.04. The van der Waals surface area contributed by atoms with E-state index in [4.69, 9.17) is 10.5 Å². The Morgan fingerprint density at radius 3 is 2.87 bits per heavy atom. The molecule has 0 aromatic carbocycles. The van der Waals surface area contributed by atoms with Crippen molar-refractivity contribution in [1.82, 2.24) is 9.97 Å². The first-order valence-electron chi connectivity index (χ1n) is 5.58. The van der Waals surface area contributed by atoms with Gasteiger partial charge < -0.3 is 10.5 Å². The molecule has 0 amide bonds. The van der Waals surface area contributed by atoms with Crippen molar-refractivity contribution in [2.45, 2.75) is 45.1 Å². The molecule has 0 aliphatic heterocycles. The van der Waals surface area contributed by atoms with Crippen molar-refractivity contribution in [3.63, 3.8) is 0 Å². The SMILES string of the molecule is CCCc1nc(N)cc(OC2CCC2)n1. The second kappa shape index (κ2) is 4.47. The molecule has 2 rings (SSSR count). The number of nitrogen functional groups attached to an aromatic ring is 1. The fourth-order valence-corrected chi connectivity index (χ4v) is 1.55. The topological polar surface area (TPSA) is 61.0 Å². The second-order valence-corrected chi connectivity index (χ2v) is 3.97. The van der Waals surface area contributed by atoms with Crippen molar-refractivity contribution in [2.24, 2.45) is 0 Å². The van der Waals surface area contributed by atoms with Crippen LogP contribution in [0.2, 0.25) is 0 Å². The number of ether oxygens (including phenoxy) is 1. The number of rotatable bonds is 4. The van der Waals surface area contributed by atoms with Gasteiger partial charge in [-0.3, -0.25) is 0 Å². The maximum absolute atomic E-state index is 5.69. The molecule has 1 fully saturated rings. The van der Waals surface area contributed by atoms with E-state index in [0.29, 0.717) is 17.8 Å². The third-order valence-electron chi connectivity index (χ3n) is 2.58. The van der Waals surface area contributed by atoms with Crippen molar-refractivity contribution in [3.8, 4) is 5.88 Å². The highest BCUT2D eigenvalue weighted by Crippen LogP contribution is 2.24. The average molecular weight is 207 g/mol. The van der Waals surface area contributed by atoms with Crippen LogP contribution >= 0.6 is 0 Å². The van der Waals surface area contributed by atoms with Crippen LogP contribution in [0.3, 0.4) is 0 Å². The molecule has 0 radical (unpaired) electrons. The molecule has 0 atom stereocenters. The molecule has 0 unspecified atom stereocenters. The number of aromatic nitrogens is 2. The Morgan fingerprint density at radius 1 is 1.47 bits per heavy atom. The van der Waals surface area contributed by atoms with E-state index in [1.165, 1.54) is 6.42 Å². The first-order valence-corrected chi connectivity index (χ1v) is 5.58. The van der Waals surface area contributed by atoms with Gasteiger partial charge in [-0.25, -0.2) is 4.98 Å². The fourth-order valence-electron chi connectivity index (χ4n) is 1.55. The number of hydrogen-bond acceptors (Lipinski definition) is 4. The largest absolute Gasteiger partial charge is 0.474 e. The molecule has 1 aromatic heterocycles. The van der Waals surface area contributed by atoms with Crippen LogP contribution in [0.25, 0.3) is 0 Å². The van der Waals surface area contributed by atoms with Crippen LogP contribution in [0, 0.1) is 0 Å². The minimum atomic E-state index is 0.341. The van der Waals surface area contributed by atoms with Gasteiger partial charge in [0.1, 0.15) is 17.7 Å². The van der Waals surface area contributed by atoms with E-state index in [2.05, 4.69) is 16.9 Å². The van der Waals surface area contributed by atoms with Gasteiger partial charge in [-0.2, -0.15) is 4.98 Å². The molecule has 4 heteroatoms. The Balaban J connectivity index is 2.07. The van der Waals surface area contributed by atoms with E-state index < -0.39 is 0 Å². The van der Waals surface area contributed by atoms with Gasteiger partial charge in [-0.05, 0) is 25.7 Å². The first kappa shape index (κ1) is 10.2. The molecule has 0 spiro atoms. The van der Waals surface area contributed by atoms with Crippen LogP contribution in [0.5, 0.6) is 5.88 Å². The molecule has 82 valence electrons. The summed E-state index contributed by atoms with van der Waals surface area (Å²) < 4.78 is 5.69. The summed E-state index contributed by atoms with van der Waals surface area (Å²) in [5, 5.41) is 0. The summed E-state index contributed by atoms with van der Waals surface area (Å²) in [4.78, 5) is 8.49. The molecule has 0 bridgehead atoms. The van der Waals surface area contributed by atoms with Crippen LogP contribution in [0.4, 0.5) is 5.82 Å². The van der Waals surface area contributed by atoms with Gasteiger partial charge in [0, 0.05) is 12.5 Å². The standard InChI is InChI=1S/C11H17N3O/c1-2-4-10-13-9(12)7-11(14-10)15-8-5-3-6-8/h7-8H,2-6H2,1H3,(H2,12,13,14). The fraction of sp³-hybridized carbons (Fsp3) is 0.636. The van der Waals surface area contributed by atoms with Crippen LogP contribution in [-0.2, 0) is 6.42 Å². The zero-order chi connectivity index (χ0) is 10.7. The molecular weight excluding hydrogens is 190 g/mol. The van der Waals surface area contributed by atoms with Crippen LogP contribution in [0.1, 0.15) is 38.4 Å². The summed E-state index contributed by atoms with van der Waals surface area (Å²) in [6.07, 6.45) is 5.74. The maximum Gasteiger partial charge on any atom is 0.218 e. The van der Waals surface area contributed by atoms with E-state index in [-0.39, 0.29) is 0 Å². The minimum Gasteiger partial charge on any atom is -0.474 e. The third-order valence-corrected chi connectivity index (χ3v) is 2.58. The zero-order valence-electron chi connectivity index (χ0n) is 9.07. The van der Waals surface area contributed by atoms with Crippen LogP contribution in [0.15, 0.2) is 6.07 Å². The van der Waals surface area contributed by atoms with Gasteiger partial charge in [-0.1, -0.05) is 6.92 Å². The summed E-state index contributed by atoms with van der Waals surface area (Å²) in [6, 6.07) is 1.71. The number of nitrogens with zero attached hydrogens (tertiary/aromatic N) is 2. The molecule has 1 aliphatic carbocycles. The van der Waals surface area contributed by atoms with E-state index >= 15 is 0 Å². The summed E-state index contributed by atoms with van der Waals surface area (Å²) in [5.41, 5.74) is 5.69. The van der Waals surface area contributed by atoms with Gasteiger partial charge in [-0.15, -0.1) is 0 Å². The minimum absolute atomic E-state index is 0.341. The highest BCUT2D eigenvalue weighted by molar-refractivity contribution is 5.33. The van der Waals surface area contributed by atoms with E-state index in [0.717, 1.165) is 31.5 Å². The molecule has 1 saturated carbocycles. The quantitative estimate of drug-likeness (QED) is 0.819. The van der Waals surface area contributed by atoms with Gasteiger partial charge in [0.15, 0.2) is 0 Å². The highest BCUT2D eigenvalue weighted by atomic mass is 16.5. The lowest BCUT2D eigenvalue weighted by Gasteiger charge is -2.25. The number of nitrogens with two attached hydrogens (primary N) is 1. The smallest absolute Gasteiger partial charge is 0.218 e. The Labute approximate surface area is 89.9 Å². The van der Waals surface area contributed by atoms with Crippen LogP contribution in [-0.4, -0.2) is 16.1 Å². The summed E-state index contributed by atoms with van der Waals surface area (Å²) in [6.45, 7) is 2.10. The molecule has 1 aromatic rings. The summed E-state index contributed by atoms with van der Waals surface area (Å²) in [7, 11) is 0. The lowest BCUT2D eigenvalue weighted by molar-refractivity contribution is 0.114. The number of aryl methyl sites for hydroxylation is 1. The molecular formula is C11H17N3O. The van der Waals surface area contributed by atoms with Crippen molar-refractivity contribution >= 4 is 5.82 Å². The normalized spacial score (nSPS) is 16.1. The van der Waals surface area contributed by atoms with Crippen molar-refractivity contribution < 1.29 is 4.74 Å². The molecule has 2 N–H and O–H groups in total. The monoisotopic (exact) mass is 207 g/mol. The van der Waals surface area contributed by atoms with Crippen LogP contribution < -0.4 is 10.5 Å². The average Bonchev–Trinajstić information content (AvgIpc) is 2.11. The van der Waals surface area contributed by atoms with E-state index in [1.54, 1.807) is 6.07 Å². The first-order chi connectivity index (χ1) is 7.28. The Morgan fingerprint density at radius 2 is 2.27 bits per heavy atom. The van der Waals surface area contributed by atoms with Gasteiger partial charge in [0.2, 0.25) is 5.88 Å². The van der Waals surface area contributed by atoms with Gasteiger partial charge in [0.25, 0.3) is 0 Å². The molecule has 1 heterocycles. The highest BCUT2D eigenvalue weighted by Gasteiger charge is 2.20. The lowest BCUT2D eigenvalue weighted by atomic mass is 9.96. The zero-order valence-corrected chi connectivity index (χ0v) is 9.07. The second-order valence-electron chi connectivity index (χ2n) is 3.97. The Hall–Kier alpha value is -1.32. The predicted molar refractivity (Wildman–Crippen MR) is 58.7 cm³/mol. The van der Waals surface area contributed by atoms with Crippen molar-refractivity contribution in [2.75, 3.05) is 5.73 Å². The lowest BCUT2D eigenvalue weighted by Crippen LogP contribution is -2.25. The van der Waals surface area contributed by atoms with E-state index in [1.807, 2.05) is 0 Å². The number of anilines is 1. The van der Waals surface area contributed by atoms with Crippen molar-refractivity contribution in [3.05, 3.63) is 11.9 Å². The van der Waals surface area contributed by atoms with Crippen molar-refractivity contribution in [1.29, 1.82) is 0 Å². The maximum atomic E-state index is 5.69. The molecule has 1 aliphatic rings. The van der Waals surface area contributed by atoms with Gasteiger partial charge in [0.05, 0.1) is 0 Å². The summed E-state index contributed by atoms with van der Waals surface area (Å²) >= 11 is 0. The van der Waals surface area contributed by atoms with Gasteiger partial charge >= 0.3 is 0 Å². The summed E-state index contributed by atoms with van der Waals surface area (Å²) in [5.74, 6) is 1.92. The number of hydrogen-bond donors (Lipinski definition) is 1. The molecule has 15 heavy (non-hydrogen) atoms. The third kappa shape index (κ3) is 2.58. The van der Waals surface area contributed by atoms with E-state index in [9.17, 15) is 0 Å². The predicted octanol–water partition coefficient (Wildman–Crippen LogP) is 1.94. The molecule has 0 saturated heterocycles.